The number of carbonyl (C=O) groups excluding carboxylic acids is 1. The summed E-state index contributed by atoms with van der Waals surface area (Å²) in [7, 11) is 0. The molecule has 0 amide bonds. The standard InChI is InChI=1S/C15H15N3O/c19-14-9-5-4-6-12(10-14)15-11-16-17-18(15)13-7-2-1-3-8-13/h1-3,7-8,10-11H,4-6,9H2. The molecule has 0 atom stereocenters. The summed E-state index contributed by atoms with van der Waals surface area (Å²) in [5.74, 6) is 0.202. The van der Waals surface area contributed by atoms with Crippen molar-refractivity contribution in [3.8, 4) is 5.69 Å². The lowest BCUT2D eigenvalue weighted by Gasteiger charge is -2.08. The first kappa shape index (κ1) is 11.8. The Bertz CT molecular complexity index is 613. The molecule has 0 unspecified atom stereocenters. The van der Waals surface area contributed by atoms with Crippen molar-refractivity contribution in [3.05, 3.63) is 48.3 Å². The Morgan fingerprint density at radius 1 is 1.05 bits per heavy atom. The molecule has 0 saturated heterocycles. The molecule has 1 aliphatic carbocycles. The number of rotatable bonds is 2. The Hall–Kier alpha value is -2.23. The van der Waals surface area contributed by atoms with Crippen LogP contribution in [-0.4, -0.2) is 20.8 Å². The minimum Gasteiger partial charge on any atom is -0.295 e. The van der Waals surface area contributed by atoms with Crippen LogP contribution in [0.3, 0.4) is 0 Å². The van der Waals surface area contributed by atoms with Gasteiger partial charge in [0, 0.05) is 6.42 Å². The van der Waals surface area contributed by atoms with E-state index in [1.165, 1.54) is 0 Å². The Morgan fingerprint density at radius 3 is 2.68 bits per heavy atom. The van der Waals surface area contributed by atoms with E-state index in [-0.39, 0.29) is 5.78 Å². The van der Waals surface area contributed by atoms with Crippen LogP contribution in [0, 0.1) is 0 Å². The fourth-order valence-corrected chi connectivity index (χ4v) is 2.37. The second-order valence-electron chi connectivity index (χ2n) is 4.71. The van der Waals surface area contributed by atoms with Gasteiger partial charge in [-0.25, -0.2) is 4.68 Å². The van der Waals surface area contributed by atoms with Gasteiger partial charge in [-0.1, -0.05) is 23.4 Å². The van der Waals surface area contributed by atoms with Gasteiger partial charge in [-0.05, 0) is 43.0 Å². The molecule has 1 aromatic heterocycles. The summed E-state index contributed by atoms with van der Waals surface area (Å²) in [6.45, 7) is 0. The highest BCUT2D eigenvalue weighted by Gasteiger charge is 2.15. The van der Waals surface area contributed by atoms with Gasteiger partial charge in [-0.2, -0.15) is 0 Å². The molecule has 0 bridgehead atoms. The first-order chi connectivity index (χ1) is 9.34. The van der Waals surface area contributed by atoms with Crippen molar-refractivity contribution >= 4 is 11.4 Å². The van der Waals surface area contributed by atoms with Crippen LogP contribution in [0.15, 0.2) is 42.6 Å². The van der Waals surface area contributed by atoms with Gasteiger partial charge < -0.3 is 0 Å². The van der Waals surface area contributed by atoms with Crippen molar-refractivity contribution in [1.29, 1.82) is 0 Å². The minimum absolute atomic E-state index is 0.202. The number of nitrogens with zero attached hydrogens (tertiary/aromatic N) is 3. The average Bonchev–Trinajstić information content (AvgIpc) is 2.83. The maximum Gasteiger partial charge on any atom is 0.156 e. The highest BCUT2D eigenvalue weighted by molar-refractivity contribution is 5.97. The summed E-state index contributed by atoms with van der Waals surface area (Å²) in [5, 5.41) is 8.12. The second kappa shape index (κ2) is 5.18. The zero-order valence-electron chi connectivity index (χ0n) is 10.6. The number of para-hydroxylation sites is 1. The molecule has 3 rings (SSSR count). The Kier molecular flexibility index (Phi) is 3.23. The van der Waals surface area contributed by atoms with Crippen molar-refractivity contribution in [1.82, 2.24) is 15.0 Å². The van der Waals surface area contributed by atoms with E-state index < -0.39 is 0 Å². The van der Waals surface area contributed by atoms with Gasteiger partial charge >= 0.3 is 0 Å². The Labute approximate surface area is 111 Å². The summed E-state index contributed by atoms with van der Waals surface area (Å²) in [6, 6.07) is 9.86. The number of aromatic nitrogens is 3. The largest absolute Gasteiger partial charge is 0.295 e. The number of carbonyl (C=O) groups is 1. The highest BCUT2D eigenvalue weighted by atomic mass is 16.1. The van der Waals surface area contributed by atoms with Crippen LogP contribution in [0.25, 0.3) is 11.3 Å². The molecule has 0 N–H and O–H groups in total. The van der Waals surface area contributed by atoms with E-state index >= 15 is 0 Å². The van der Waals surface area contributed by atoms with Crippen molar-refractivity contribution in [2.24, 2.45) is 0 Å². The molecule has 1 aliphatic rings. The molecule has 1 aromatic carbocycles. The Morgan fingerprint density at radius 2 is 1.84 bits per heavy atom. The summed E-state index contributed by atoms with van der Waals surface area (Å²) in [6.07, 6.45) is 7.05. The average molecular weight is 253 g/mol. The smallest absolute Gasteiger partial charge is 0.156 e. The number of ketones is 1. The van der Waals surface area contributed by atoms with Gasteiger partial charge in [0.15, 0.2) is 5.78 Å². The van der Waals surface area contributed by atoms with E-state index in [9.17, 15) is 4.79 Å². The van der Waals surface area contributed by atoms with E-state index in [4.69, 9.17) is 0 Å². The topological polar surface area (TPSA) is 47.8 Å². The third kappa shape index (κ3) is 2.47. The van der Waals surface area contributed by atoms with Crippen LogP contribution in [0.1, 0.15) is 31.4 Å². The van der Waals surface area contributed by atoms with Crippen LogP contribution in [0.5, 0.6) is 0 Å². The van der Waals surface area contributed by atoms with Gasteiger partial charge in [0.1, 0.15) is 0 Å². The predicted octanol–water partition coefficient (Wildman–Crippen LogP) is 2.79. The molecule has 4 nitrogen and oxygen atoms in total. The molecule has 0 saturated carbocycles. The third-order valence-electron chi connectivity index (χ3n) is 3.33. The maximum atomic E-state index is 11.7. The van der Waals surface area contributed by atoms with E-state index in [2.05, 4.69) is 10.3 Å². The SMILES string of the molecule is O=C1C=C(c2cnnn2-c2ccccc2)CCCC1. The van der Waals surface area contributed by atoms with Gasteiger partial charge in [-0.15, -0.1) is 5.10 Å². The van der Waals surface area contributed by atoms with Crippen LogP contribution in [-0.2, 0) is 4.79 Å². The number of hydrogen-bond acceptors (Lipinski definition) is 3. The zero-order chi connectivity index (χ0) is 13.1. The molecular weight excluding hydrogens is 238 g/mol. The molecule has 0 aliphatic heterocycles. The van der Waals surface area contributed by atoms with Crippen molar-refractivity contribution in [3.63, 3.8) is 0 Å². The summed E-state index contributed by atoms with van der Waals surface area (Å²) in [4.78, 5) is 11.7. The third-order valence-corrected chi connectivity index (χ3v) is 3.33. The molecule has 0 spiro atoms. The minimum atomic E-state index is 0.202. The van der Waals surface area contributed by atoms with Gasteiger partial charge in [0.05, 0.1) is 17.6 Å². The molecule has 0 radical (unpaired) electrons. The monoisotopic (exact) mass is 253 g/mol. The molecule has 0 fully saturated rings. The summed E-state index contributed by atoms with van der Waals surface area (Å²) < 4.78 is 1.80. The first-order valence-electron chi connectivity index (χ1n) is 6.54. The predicted molar refractivity (Wildman–Crippen MR) is 72.8 cm³/mol. The van der Waals surface area contributed by atoms with Crippen molar-refractivity contribution in [2.45, 2.75) is 25.7 Å². The van der Waals surface area contributed by atoms with Crippen LogP contribution in [0.2, 0.25) is 0 Å². The van der Waals surface area contributed by atoms with E-state index in [0.717, 1.165) is 36.2 Å². The fourth-order valence-electron chi connectivity index (χ4n) is 2.37. The zero-order valence-corrected chi connectivity index (χ0v) is 10.6. The van der Waals surface area contributed by atoms with Crippen molar-refractivity contribution < 1.29 is 4.79 Å². The molecule has 19 heavy (non-hydrogen) atoms. The molecule has 4 heteroatoms. The fraction of sp³-hybridized carbons (Fsp3) is 0.267. The summed E-state index contributed by atoms with van der Waals surface area (Å²) >= 11 is 0. The second-order valence-corrected chi connectivity index (χ2v) is 4.71. The lowest BCUT2D eigenvalue weighted by Crippen LogP contribution is -2.02. The van der Waals surface area contributed by atoms with Gasteiger partial charge in [-0.3, -0.25) is 4.79 Å². The Balaban J connectivity index is 2.03. The molecule has 1 heterocycles. The maximum absolute atomic E-state index is 11.7. The van der Waals surface area contributed by atoms with E-state index in [1.54, 1.807) is 17.0 Å². The van der Waals surface area contributed by atoms with Crippen LogP contribution < -0.4 is 0 Å². The van der Waals surface area contributed by atoms with E-state index in [1.807, 2.05) is 30.3 Å². The number of hydrogen-bond donors (Lipinski definition) is 0. The van der Waals surface area contributed by atoms with Gasteiger partial charge in [0.2, 0.25) is 0 Å². The van der Waals surface area contributed by atoms with Crippen molar-refractivity contribution in [2.75, 3.05) is 0 Å². The molecule has 2 aromatic rings. The molecule has 96 valence electrons. The first-order valence-corrected chi connectivity index (χ1v) is 6.54. The van der Waals surface area contributed by atoms with E-state index in [0.29, 0.717) is 6.42 Å². The van der Waals surface area contributed by atoms with Gasteiger partial charge in [0.25, 0.3) is 0 Å². The quantitative estimate of drug-likeness (QED) is 0.826. The molecular formula is C15H15N3O. The normalized spacial score (nSPS) is 16.0. The summed E-state index contributed by atoms with van der Waals surface area (Å²) in [5.41, 5.74) is 2.92. The number of benzene rings is 1. The van der Waals surface area contributed by atoms with Crippen LogP contribution in [0.4, 0.5) is 0 Å². The van der Waals surface area contributed by atoms with Crippen LogP contribution >= 0.6 is 0 Å². The number of allylic oxidation sites excluding steroid dienone is 2. The lowest BCUT2D eigenvalue weighted by atomic mass is 10.1. The lowest BCUT2D eigenvalue weighted by molar-refractivity contribution is -0.114. The highest BCUT2D eigenvalue weighted by Crippen LogP contribution is 2.25.